The molecule has 20 heavy (non-hydrogen) atoms. The van der Waals surface area contributed by atoms with Crippen LogP contribution in [0.4, 0.5) is 0 Å². The van der Waals surface area contributed by atoms with Gasteiger partial charge in [0.05, 0.1) is 0 Å². The molecule has 0 radical (unpaired) electrons. The fraction of sp³-hybridized carbons (Fsp3) is 0.714. The third kappa shape index (κ3) is 11.1. The molecule has 0 spiro atoms. The van der Waals surface area contributed by atoms with Crippen LogP contribution in [0.5, 0.6) is 0 Å². The number of aliphatic imine (C=N–C) groups is 1. The molecule has 0 saturated heterocycles. The lowest BCUT2D eigenvalue weighted by molar-refractivity contribution is -0.120. The van der Waals surface area contributed by atoms with Crippen molar-refractivity contribution in [2.24, 2.45) is 4.99 Å². The van der Waals surface area contributed by atoms with Crippen LogP contribution in [0.2, 0.25) is 0 Å². The van der Waals surface area contributed by atoms with Crippen LogP contribution in [0, 0.1) is 0 Å². The van der Waals surface area contributed by atoms with E-state index in [1.807, 2.05) is 20.0 Å². The third-order valence-electron chi connectivity index (χ3n) is 2.68. The molecule has 118 valence electrons. The van der Waals surface area contributed by atoms with Crippen LogP contribution < -0.4 is 10.6 Å². The average Bonchev–Trinajstić information content (AvgIpc) is 2.41. The Morgan fingerprint density at radius 1 is 1.35 bits per heavy atom. The van der Waals surface area contributed by atoms with Crippen LogP contribution in [0.15, 0.2) is 17.6 Å². The van der Waals surface area contributed by atoms with Gasteiger partial charge in [-0.05, 0) is 19.3 Å². The average molecular weight is 396 g/mol. The monoisotopic (exact) mass is 396 g/mol. The number of nitrogens with zero attached hydrogens (tertiary/aromatic N) is 2. The van der Waals surface area contributed by atoms with Gasteiger partial charge in [-0.2, -0.15) is 0 Å². The molecule has 0 rings (SSSR count). The molecule has 0 aromatic carbocycles. The topological polar surface area (TPSA) is 56.7 Å². The molecule has 0 aromatic heterocycles. The van der Waals surface area contributed by atoms with Crippen molar-refractivity contribution in [3.8, 4) is 0 Å². The lowest BCUT2D eigenvalue weighted by Gasteiger charge is -2.21. The van der Waals surface area contributed by atoms with Gasteiger partial charge in [0.15, 0.2) is 5.96 Å². The van der Waals surface area contributed by atoms with E-state index in [1.54, 1.807) is 7.05 Å². The van der Waals surface area contributed by atoms with E-state index >= 15 is 0 Å². The predicted molar refractivity (Wildman–Crippen MR) is 96.8 cm³/mol. The second kappa shape index (κ2) is 14.6. The molecular formula is C14H29IN4O. The number of nitrogens with one attached hydrogen (secondary N) is 2. The molecule has 0 atom stereocenters. The molecule has 2 N–H and O–H groups in total. The summed E-state index contributed by atoms with van der Waals surface area (Å²) in [6.07, 6.45) is 5.41. The van der Waals surface area contributed by atoms with Gasteiger partial charge >= 0.3 is 0 Å². The summed E-state index contributed by atoms with van der Waals surface area (Å²) in [6.45, 7) is 8.02. The third-order valence-corrected chi connectivity index (χ3v) is 2.68. The van der Waals surface area contributed by atoms with Crippen molar-refractivity contribution in [1.82, 2.24) is 15.5 Å². The number of rotatable bonds is 9. The highest BCUT2D eigenvalue weighted by atomic mass is 127. The summed E-state index contributed by atoms with van der Waals surface area (Å²) < 4.78 is 0. The Hall–Kier alpha value is -0.790. The highest BCUT2D eigenvalue weighted by Crippen LogP contribution is 1.94. The molecule has 5 nitrogen and oxygen atoms in total. The van der Waals surface area contributed by atoms with Crippen molar-refractivity contribution < 1.29 is 4.79 Å². The summed E-state index contributed by atoms with van der Waals surface area (Å²) in [6, 6.07) is 0. The summed E-state index contributed by atoms with van der Waals surface area (Å²) in [5.74, 6) is 0.909. The number of amides is 1. The van der Waals surface area contributed by atoms with E-state index in [9.17, 15) is 4.79 Å². The number of guanidine groups is 1. The Balaban J connectivity index is 0. The molecule has 1 amide bonds. The fourth-order valence-corrected chi connectivity index (χ4v) is 1.60. The zero-order valence-electron chi connectivity index (χ0n) is 12.9. The summed E-state index contributed by atoms with van der Waals surface area (Å²) in [5, 5.41) is 6.04. The van der Waals surface area contributed by atoms with Crippen molar-refractivity contribution in [1.29, 1.82) is 0 Å². The maximum atomic E-state index is 11.4. The van der Waals surface area contributed by atoms with Crippen LogP contribution in [-0.4, -0.2) is 50.5 Å². The zero-order chi connectivity index (χ0) is 14.5. The van der Waals surface area contributed by atoms with Gasteiger partial charge in [-0.15, -0.1) is 30.6 Å². The first-order valence-corrected chi connectivity index (χ1v) is 6.95. The van der Waals surface area contributed by atoms with Crippen molar-refractivity contribution in [2.45, 2.75) is 32.6 Å². The smallest absolute Gasteiger partial charge is 0.221 e. The van der Waals surface area contributed by atoms with Crippen molar-refractivity contribution in [3.63, 3.8) is 0 Å². The molecule has 0 aliphatic rings. The van der Waals surface area contributed by atoms with Crippen LogP contribution in [-0.2, 0) is 4.79 Å². The standard InChI is InChI=1S/C14H28N4O.HI/c1-5-7-8-12-18(4)14(15-3)17-11-9-13(19)16-10-6-2;/h5H,1,6-12H2,2-4H3,(H,15,17)(H,16,19);1H. The number of allylic oxidation sites excluding steroid dienone is 1. The summed E-state index contributed by atoms with van der Waals surface area (Å²) in [7, 11) is 3.75. The van der Waals surface area contributed by atoms with Crippen molar-refractivity contribution in [3.05, 3.63) is 12.7 Å². The number of hydrogen-bond acceptors (Lipinski definition) is 2. The molecule has 0 saturated carbocycles. The number of hydrogen-bond donors (Lipinski definition) is 2. The normalized spacial score (nSPS) is 10.4. The first-order chi connectivity index (χ1) is 9.15. The Labute approximate surface area is 140 Å². The SMILES string of the molecule is C=CCCCN(C)C(=NC)NCCC(=O)NCCC.I. The molecule has 0 bridgehead atoms. The van der Waals surface area contributed by atoms with Gasteiger partial charge in [0.2, 0.25) is 5.91 Å². The summed E-state index contributed by atoms with van der Waals surface area (Å²) in [5.41, 5.74) is 0. The predicted octanol–water partition coefficient (Wildman–Crippen LogP) is 1.99. The highest BCUT2D eigenvalue weighted by Gasteiger charge is 2.05. The molecule has 0 aliphatic heterocycles. The second-order valence-electron chi connectivity index (χ2n) is 4.43. The molecular weight excluding hydrogens is 367 g/mol. The maximum absolute atomic E-state index is 11.4. The van der Waals surface area contributed by atoms with E-state index in [2.05, 4.69) is 27.1 Å². The van der Waals surface area contributed by atoms with Crippen molar-refractivity contribution >= 4 is 35.8 Å². The Kier molecular flexibility index (Phi) is 15.7. The van der Waals surface area contributed by atoms with Gasteiger partial charge in [-0.3, -0.25) is 9.79 Å². The lowest BCUT2D eigenvalue weighted by Crippen LogP contribution is -2.41. The minimum Gasteiger partial charge on any atom is -0.356 e. The van der Waals surface area contributed by atoms with Gasteiger partial charge < -0.3 is 15.5 Å². The van der Waals surface area contributed by atoms with Gasteiger partial charge in [0, 0.05) is 40.2 Å². The van der Waals surface area contributed by atoms with E-state index < -0.39 is 0 Å². The van der Waals surface area contributed by atoms with Crippen LogP contribution in [0.3, 0.4) is 0 Å². The maximum Gasteiger partial charge on any atom is 0.221 e. The van der Waals surface area contributed by atoms with E-state index in [0.29, 0.717) is 13.0 Å². The second-order valence-corrected chi connectivity index (χ2v) is 4.43. The van der Waals surface area contributed by atoms with E-state index in [1.165, 1.54) is 0 Å². The number of carbonyl (C=O) groups is 1. The van der Waals surface area contributed by atoms with Gasteiger partial charge in [0.1, 0.15) is 0 Å². The molecule has 0 aromatic rings. The fourth-order valence-electron chi connectivity index (χ4n) is 1.60. The van der Waals surface area contributed by atoms with Crippen LogP contribution >= 0.6 is 24.0 Å². The molecule has 0 fully saturated rings. The Bertz CT molecular complexity index is 295. The van der Waals surface area contributed by atoms with E-state index in [0.717, 1.165) is 38.3 Å². The van der Waals surface area contributed by atoms with Crippen LogP contribution in [0.1, 0.15) is 32.6 Å². The Morgan fingerprint density at radius 3 is 2.60 bits per heavy atom. The summed E-state index contributed by atoms with van der Waals surface area (Å²) >= 11 is 0. The number of unbranched alkanes of at least 4 members (excludes halogenated alkanes) is 1. The van der Waals surface area contributed by atoms with Gasteiger partial charge in [-0.25, -0.2) is 0 Å². The lowest BCUT2D eigenvalue weighted by atomic mass is 10.3. The number of carbonyl (C=O) groups excluding carboxylic acids is 1. The quantitative estimate of drug-likeness (QED) is 0.206. The van der Waals surface area contributed by atoms with E-state index in [4.69, 9.17) is 0 Å². The number of halogens is 1. The molecule has 0 unspecified atom stereocenters. The van der Waals surface area contributed by atoms with Gasteiger partial charge in [-0.1, -0.05) is 13.0 Å². The molecule has 6 heteroatoms. The minimum absolute atomic E-state index is 0. The molecule has 0 aliphatic carbocycles. The first kappa shape index (κ1) is 21.5. The van der Waals surface area contributed by atoms with E-state index in [-0.39, 0.29) is 29.9 Å². The highest BCUT2D eigenvalue weighted by molar-refractivity contribution is 14.0. The summed E-state index contributed by atoms with van der Waals surface area (Å²) in [4.78, 5) is 17.7. The zero-order valence-corrected chi connectivity index (χ0v) is 15.3. The van der Waals surface area contributed by atoms with Crippen molar-refractivity contribution in [2.75, 3.05) is 33.7 Å². The first-order valence-electron chi connectivity index (χ1n) is 6.95. The largest absolute Gasteiger partial charge is 0.356 e. The molecule has 0 heterocycles. The minimum atomic E-state index is 0. The van der Waals surface area contributed by atoms with Gasteiger partial charge in [0.25, 0.3) is 0 Å². The van der Waals surface area contributed by atoms with Crippen LogP contribution in [0.25, 0.3) is 0 Å². The Morgan fingerprint density at radius 2 is 2.05 bits per heavy atom.